The van der Waals surface area contributed by atoms with Gasteiger partial charge in [0.1, 0.15) is 30.1 Å². The van der Waals surface area contributed by atoms with Crippen LogP contribution in [0.3, 0.4) is 0 Å². The Bertz CT molecular complexity index is 1090. The molecule has 1 aromatic carbocycles. The van der Waals surface area contributed by atoms with Crippen molar-refractivity contribution >= 4 is 17.5 Å². The van der Waals surface area contributed by atoms with E-state index in [0.717, 1.165) is 35.8 Å². The number of ether oxygens (including phenoxy) is 2. The number of carbonyl (C=O) groups is 1. The number of piperazine rings is 1. The van der Waals surface area contributed by atoms with E-state index >= 15 is 0 Å². The Morgan fingerprint density at radius 2 is 2.14 bits per heavy atom. The van der Waals surface area contributed by atoms with Gasteiger partial charge in [0.25, 0.3) is 0 Å². The van der Waals surface area contributed by atoms with Crippen LogP contribution in [0, 0.1) is 6.92 Å². The van der Waals surface area contributed by atoms with Crippen LogP contribution in [-0.2, 0) is 9.53 Å². The van der Waals surface area contributed by atoms with Gasteiger partial charge >= 0.3 is 0 Å². The lowest BCUT2D eigenvalue weighted by Gasteiger charge is -2.47. The summed E-state index contributed by atoms with van der Waals surface area (Å²) in [5, 5.41) is 16.5. The third-order valence-electron chi connectivity index (χ3n) is 6.95. The highest BCUT2D eigenvalue weighted by atomic mass is 16.5. The summed E-state index contributed by atoms with van der Waals surface area (Å²) in [7, 11) is 1.79. The Hall–Kier alpha value is -2.95. The molecule has 1 amide bonds. The molecule has 202 valence electrons. The number of rotatable bonds is 9. The molecule has 0 aliphatic carbocycles. The minimum absolute atomic E-state index is 0.0880. The number of aromatic nitrogens is 2. The standard InChI is InChI=1S/C27H40N6O4/c1-18-24(29-21-9-12-36-15-21)30-25(20-7-6-8-23(13-20)37-16-22(35)14-28-5)31-26(18)32-10-11-33(19(2)34)27(3,4)17-32/h6-8,13,21-22,28,35H,9-12,14-17H2,1-5H3,(H,29,30,31). The average Bonchev–Trinajstić information content (AvgIpc) is 3.36. The van der Waals surface area contributed by atoms with Gasteiger partial charge in [0, 0.05) is 50.8 Å². The Morgan fingerprint density at radius 3 is 2.81 bits per heavy atom. The number of nitrogens with one attached hydrogen (secondary N) is 2. The van der Waals surface area contributed by atoms with Gasteiger partial charge in [-0.2, -0.15) is 0 Å². The fourth-order valence-corrected chi connectivity index (χ4v) is 5.06. The average molecular weight is 513 g/mol. The van der Waals surface area contributed by atoms with Crippen LogP contribution in [-0.4, -0.2) is 96.6 Å². The van der Waals surface area contributed by atoms with E-state index in [1.165, 1.54) is 0 Å². The van der Waals surface area contributed by atoms with Gasteiger partial charge in [0.15, 0.2) is 5.82 Å². The summed E-state index contributed by atoms with van der Waals surface area (Å²) in [6.45, 7) is 11.9. The molecule has 0 bridgehead atoms. The first-order valence-electron chi connectivity index (χ1n) is 13.0. The van der Waals surface area contributed by atoms with Crippen molar-refractivity contribution < 1.29 is 19.4 Å². The highest BCUT2D eigenvalue weighted by Crippen LogP contribution is 2.33. The molecule has 3 heterocycles. The van der Waals surface area contributed by atoms with Crippen molar-refractivity contribution in [2.75, 3.05) is 63.3 Å². The minimum Gasteiger partial charge on any atom is -0.491 e. The number of hydrogen-bond acceptors (Lipinski definition) is 9. The van der Waals surface area contributed by atoms with E-state index in [9.17, 15) is 9.90 Å². The Labute approximate surface area is 219 Å². The van der Waals surface area contributed by atoms with Gasteiger partial charge in [-0.25, -0.2) is 9.97 Å². The van der Waals surface area contributed by atoms with Crippen molar-refractivity contribution in [3.8, 4) is 17.1 Å². The van der Waals surface area contributed by atoms with Gasteiger partial charge in [0.05, 0.1) is 18.2 Å². The first-order chi connectivity index (χ1) is 17.7. The van der Waals surface area contributed by atoms with Gasteiger partial charge < -0.3 is 35.0 Å². The molecule has 0 spiro atoms. The first-order valence-corrected chi connectivity index (χ1v) is 13.0. The van der Waals surface area contributed by atoms with Crippen molar-refractivity contribution in [3.63, 3.8) is 0 Å². The van der Waals surface area contributed by atoms with Gasteiger partial charge in [-0.3, -0.25) is 4.79 Å². The van der Waals surface area contributed by atoms with E-state index in [-0.39, 0.29) is 24.1 Å². The Balaban J connectivity index is 1.66. The van der Waals surface area contributed by atoms with Crippen LogP contribution in [0.4, 0.5) is 11.6 Å². The Morgan fingerprint density at radius 1 is 1.32 bits per heavy atom. The van der Waals surface area contributed by atoms with Crippen molar-refractivity contribution in [1.29, 1.82) is 0 Å². The maximum atomic E-state index is 12.2. The number of benzene rings is 1. The highest BCUT2D eigenvalue weighted by molar-refractivity contribution is 5.75. The van der Waals surface area contributed by atoms with Crippen LogP contribution in [0.15, 0.2) is 24.3 Å². The van der Waals surface area contributed by atoms with Gasteiger partial charge in [0.2, 0.25) is 5.91 Å². The predicted molar refractivity (Wildman–Crippen MR) is 144 cm³/mol. The second-order valence-corrected chi connectivity index (χ2v) is 10.5. The lowest BCUT2D eigenvalue weighted by atomic mass is 9.98. The molecule has 0 saturated carbocycles. The lowest BCUT2D eigenvalue weighted by molar-refractivity contribution is -0.134. The largest absolute Gasteiger partial charge is 0.491 e. The Kier molecular flexibility index (Phi) is 8.51. The summed E-state index contributed by atoms with van der Waals surface area (Å²) in [4.78, 5) is 26.3. The monoisotopic (exact) mass is 512 g/mol. The topological polar surface area (TPSA) is 112 Å². The number of carbonyl (C=O) groups excluding carboxylic acids is 1. The zero-order valence-corrected chi connectivity index (χ0v) is 22.6. The summed E-state index contributed by atoms with van der Waals surface area (Å²) < 4.78 is 11.4. The zero-order valence-electron chi connectivity index (χ0n) is 22.6. The van der Waals surface area contributed by atoms with Crippen molar-refractivity contribution in [2.24, 2.45) is 0 Å². The number of likely N-dealkylation sites (N-methyl/N-ethyl adjacent to an activating group) is 1. The molecule has 3 N–H and O–H groups in total. The molecule has 1 aromatic heterocycles. The molecule has 0 radical (unpaired) electrons. The minimum atomic E-state index is -0.600. The van der Waals surface area contributed by atoms with E-state index in [0.29, 0.717) is 44.4 Å². The van der Waals surface area contributed by atoms with Crippen molar-refractivity contribution in [1.82, 2.24) is 20.2 Å². The van der Waals surface area contributed by atoms with Crippen molar-refractivity contribution in [2.45, 2.75) is 51.8 Å². The number of aliphatic hydroxyl groups excluding tert-OH is 1. The summed E-state index contributed by atoms with van der Waals surface area (Å²) >= 11 is 0. The maximum Gasteiger partial charge on any atom is 0.220 e. The van der Waals surface area contributed by atoms with Crippen LogP contribution >= 0.6 is 0 Å². The summed E-state index contributed by atoms with van der Waals surface area (Å²) in [6, 6.07) is 7.84. The first kappa shape index (κ1) is 27.1. The smallest absolute Gasteiger partial charge is 0.220 e. The molecule has 10 heteroatoms. The number of amides is 1. The second kappa shape index (κ2) is 11.6. The SMILES string of the molecule is CNCC(O)COc1cccc(-c2nc(NC3CCOC3)c(C)c(N3CCN(C(C)=O)C(C)(C)C3)n2)c1. The summed E-state index contributed by atoms with van der Waals surface area (Å²) in [5.74, 6) is 2.98. The van der Waals surface area contributed by atoms with E-state index in [1.54, 1.807) is 14.0 Å². The van der Waals surface area contributed by atoms with Crippen LogP contribution in [0.1, 0.15) is 32.8 Å². The molecule has 2 aliphatic heterocycles. The van der Waals surface area contributed by atoms with E-state index in [2.05, 4.69) is 29.4 Å². The number of aliphatic hydroxyl groups is 1. The quantitative estimate of drug-likeness (QED) is 0.465. The van der Waals surface area contributed by atoms with Gasteiger partial charge in [-0.05, 0) is 46.4 Å². The van der Waals surface area contributed by atoms with E-state index in [4.69, 9.17) is 19.4 Å². The summed E-state index contributed by atoms with van der Waals surface area (Å²) in [6.07, 6.45) is 0.328. The third-order valence-corrected chi connectivity index (χ3v) is 6.95. The maximum absolute atomic E-state index is 12.2. The van der Waals surface area contributed by atoms with E-state index < -0.39 is 6.10 Å². The normalized spacial score (nSPS) is 20.1. The van der Waals surface area contributed by atoms with E-state index in [1.807, 2.05) is 36.1 Å². The van der Waals surface area contributed by atoms with Crippen LogP contribution in [0.5, 0.6) is 5.75 Å². The molecule has 2 aliphatic rings. The predicted octanol–water partition coefficient (Wildman–Crippen LogP) is 2.06. The molecule has 2 atom stereocenters. The van der Waals surface area contributed by atoms with Crippen LogP contribution in [0.25, 0.3) is 11.4 Å². The van der Waals surface area contributed by atoms with Crippen LogP contribution in [0.2, 0.25) is 0 Å². The third kappa shape index (κ3) is 6.49. The molecule has 2 unspecified atom stereocenters. The number of hydrogen-bond donors (Lipinski definition) is 3. The second-order valence-electron chi connectivity index (χ2n) is 10.5. The highest BCUT2D eigenvalue weighted by Gasteiger charge is 2.36. The number of nitrogens with zero attached hydrogens (tertiary/aromatic N) is 4. The van der Waals surface area contributed by atoms with Crippen molar-refractivity contribution in [3.05, 3.63) is 29.8 Å². The molecule has 2 saturated heterocycles. The molecule has 10 nitrogen and oxygen atoms in total. The molecule has 37 heavy (non-hydrogen) atoms. The molecule has 2 aromatic rings. The van der Waals surface area contributed by atoms with Crippen LogP contribution < -0.4 is 20.3 Å². The number of anilines is 2. The van der Waals surface area contributed by atoms with Gasteiger partial charge in [-0.15, -0.1) is 0 Å². The molecule has 4 rings (SSSR count). The zero-order chi connectivity index (χ0) is 26.6. The fraction of sp³-hybridized carbons (Fsp3) is 0.593. The summed E-state index contributed by atoms with van der Waals surface area (Å²) in [5.41, 5.74) is 1.48. The fourth-order valence-electron chi connectivity index (χ4n) is 5.06. The molecular formula is C27H40N6O4. The molecular weight excluding hydrogens is 472 g/mol. The van der Waals surface area contributed by atoms with Gasteiger partial charge in [-0.1, -0.05) is 12.1 Å². The molecule has 2 fully saturated rings. The lowest BCUT2D eigenvalue weighted by Crippen LogP contribution is -2.61.